The fourth-order valence-corrected chi connectivity index (χ4v) is 9.56. The molecule has 0 unspecified atom stereocenters. The standard InChI is InChI=1S/C26H18N3O.C17H22GeN.Ir/c1-17-14-15-20-19-10-7-11-21(24(19)30-26(20)27-17)25-28-22-12-5-6-13-23(22)29(25)16-18-8-3-2-4-9-18;1-13(2)15-11-17(14-9-7-6-8-10-14)19-12-16(15)18(3,4)5;/h2-10,12-15H,16H2,1H3;6-9,11-13H,1-5H3;/q2*-1;/i;13D;. The summed E-state index contributed by atoms with van der Waals surface area (Å²) in [5, 5.41) is 2.04. The average Bonchev–Trinajstić information content (AvgIpc) is 3.66. The molecular formula is C43H40GeIrN4O-2. The van der Waals surface area contributed by atoms with Crippen LogP contribution in [0.3, 0.4) is 0 Å². The van der Waals surface area contributed by atoms with Gasteiger partial charge in [0.1, 0.15) is 0 Å². The number of imidazole rings is 1. The Kier molecular flexibility index (Phi) is 10.1. The van der Waals surface area contributed by atoms with Crippen LogP contribution in [0.2, 0.25) is 17.3 Å². The zero-order chi connectivity index (χ0) is 35.0. The van der Waals surface area contributed by atoms with Crippen molar-refractivity contribution in [2.45, 2.75) is 50.5 Å². The first-order chi connectivity index (χ1) is 24.0. The van der Waals surface area contributed by atoms with Crippen molar-refractivity contribution < 1.29 is 25.9 Å². The van der Waals surface area contributed by atoms with Crippen molar-refractivity contribution in [2.75, 3.05) is 0 Å². The quantitative estimate of drug-likeness (QED) is 0.123. The molecule has 0 aliphatic heterocycles. The summed E-state index contributed by atoms with van der Waals surface area (Å²) >= 11 is -2.03. The molecular weight excluding hydrogens is 853 g/mol. The molecule has 4 heterocycles. The van der Waals surface area contributed by atoms with Gasteiger partial charge in [-0.1, -0.05) is 53.4 Å². The van der Waals surface area contributed by atoms with Crippen molar-refractivity contribution in [1.82, 2.24) is 19.5 Å². The van der Waals surface area contributed by atoms with Gasteiger partial charge in [-0.3, -0.25) is 4.98 Å². The van der Waals surface area contributed by atoms with Gasteiger partial charge in [0.05, 0.1) is 22.4 Å². The molecule has 1 radical (unpaired) electrons. The van der Waals surface area contributed by atoms with Gasteiger partial charge in [-0.2, -0.15) is 0 Å². The molecule has 0 aliphatic rings. The smallest absolute Gasteiger partial charge is 0 e. The van der Waals surface area contributed by atoms with Crippen LogP contribution in [0.15, 0.2) is 120 Å². The number of aromatic nitrogens is 4. The van der Waals surface area contributed by atoms with Gasteiger partial charge >= 0.3 is 120 Å². The molecule has 50 heavy (non-hydrogen) atoms. The Labute approximate surface area is 311 Å². The Morgan fingerprint density at radius 3 is 2.34 bits per heavy atom. The molecule has 253 valence electrons. The van der Waals surface area contributed by atoms with Gasteiger partial charge < -0.3 is 8.98 Å². The monoisotopic (exact) mass is 896 g/mol. The van der Waals surface area contributed by atoms with E-state index in [1.807, 2.05) is 93.7 Å². The van der Waals surface area contributed by atoms with Gasteiger partial charge in [0.25, 0.3) is 0 Å². The van der Waals surface area contributed by atoms with E-state index in [9.17, 15) is 0 Å². The predicted molar refractivity (Wildman–Crippen MR) is 205 cm³/mol. The molecule has 0 bridgehead atoms. The normalized spacial score (nSPS) is 12.0. The second kappa shape index (κ2) is 14.9. The Balaban J connectivity index is 0.000000188. The van der Waals surface area contributed by atoms with Gasteiger partial charge in [-0.25, -0.2) is 4.98 Å². The van der Waals surface area contributed by atoms with Gasteiger partial charge in [0, 0.05) is 37.7 Å². The predicted octanol–water partition coefficient (Wildman–Crippen LogP) is 10.4. The number of para-hydroxylation sites is 2. The summed E-state index contributed by atoms with van der Waals surface area (Å²) < 4.78 is 18.2. The molecule has 7 heteroatoms. The number of fused-ring (bicyclic) bond motifs is 4. The molecule has 0 spiro atoms. The van der Waals surface area contributed by atoms with E-state index >= 15 is 0 Å². The molecule has 0 saturated heterocycles. The molecule has 4 aromatic carbocycles. The fraction of sp³-hybridized carbons (Fsp3) is 0.186. The van der Waals surface area contributed by atoms with Gasteiger partial charge in [-0.05, 0) is 36.8 Å². The molecule has 8 rings (SSSR count). The van der Waals surface area contributed by atoms with Crippen LogP contribution in [0.25, 0.3) is 55.7 Å². The minimum absolute atomic E-state index is 0. The van der Waals surface area contributed by atoms with Crippen LogP contribution >= 0.6 is 0 Å². The second-order valence-electron chi connectivity index (χ2n) is 13.6. The van der Waals surface area contributed by atoms with Crippen LogP contribution in [0, 0.1) is 19.1 Å². The zero-order valence-electron chi connectivity index (χ0n) is 30.2. The van der Waals surface area contributed by atoms with Crippen molar-refractivity contribution >= 4 is 50.8 Å². The van der Waals surface area contributed by atoms with E-state index in [0.717, 1.165) is 67.8 Å². The minimum Gasteiger partial charge on any atom is 0 e. The van der Waals surface area contributed by atoms with Gasteiger partial charge in [-0.15, -0.1) is 18.2 Å². The third-order valence-electron chi connectivity index (χ3n) is 8.74. The van der Waals surface area contributed by atoms with E-state index < -0.39 is 19.2 Å². The topological polar surface area (TPSA) is 56.7 Å². The van der Waals surface area contributed by atoms with Crippen molar-refractivity contribution in [1.29, 1.82) is 0 Å². The van der Waals surface area contributed by atoms with Crippen LogP contribution in [0.1, 0.15) is 37.9 Å². The molecule has 0 aliphatic carbocycles. The number of rotatable bonds is 6. The first kappa shape index (κ1) is 34.1. The van der Waals surface area contributed by atoms with Crippen molar-refractivity contribution in [3.05, 3.63) is 144 Å². The van der Waals surface area contributed by atoms with Crippen LogP contribution < -0.4 is 4.40 Å². The Morgan fingerprint density at radius 1 is 0.840 bits per heavy atom. The van der Waals surface area contributed by atoms with Crippen LogP contribution in [0.5, 0.6) is 0 Å². The summed E-state index contributed by atoms with van der Waals surface area (Å²) in [5.74, 6) is 7.30. The number of hydrogen-bond acceptors (Lipinski definition) is 4. The number of hydrogen-bond donors (Lipinski definition) is 0. The Bertz CT molecular complexity index is 2450. The van der Waals surface area contributed by atoms with E-state index in [1.165, 1.54) is 9.96 Å². The van der Waals surface area contributed by atoms with E-state index in [4.69, 9.17) is 10.8 Å². The zero-order valence-corrected chi connectivity index (χ0v) is 33.7. The number of pyridine rings is 2. The molecule has 0 N–H and O–H groups in total. The number of aryl methyl sites for hydroxylation is 1. The average molecular weight is 895 g/mol. The summed E-state index contributed by atoms with van der Waals surface area (Å²) in [6.45, 7) is 6.61. The number of nitrogens with zero attached hydrogens (tertiary/aromatic N) is 4. The third kappa shape index (κ3) is 7.25. The van der Waals surface area contributed by atoms with Crippen molar-refractivity contribution in [3.8, 4) is 22.6 Å². The fourth-order valence-electron chi connectivity index (χ4n) is 6.24. The number of furan rings is 1. The maximum absolute atomic E-state index is 8.44. The van der Waals surface area contributed by atoms with E-state index in [-0.39, 0.29) is 20.1 Å². The Morgan fingerprint density at radius 2 is 1.60 bits per heavy atom. The van der Waals surface area contributed by atoms with Crippen molar-refractivity contribution in [3.63, 3.8) is 0 Å². The summed E-state index contributed by atoms with van der Waals surface area (Å²) in [6.07, 6.45) is 2.00. The maximum Gasteiger partial charge on any atom is 0 e. The van der Waals surface area contributed by atoms with Gasteiger partial charge in [0.2, 0.25) is 5.71 Å². The van der Waals surface area contributed by atoms with E-state index in [2.05, 4.69) is 86.4 Å². The van der Waals surface area contributed by atoms with E-state index in [1.54, 1.807) is 0 Å². The SMILES string of the molecule is Cc1ccc2c(n1)oc1c(-c3nc4ccccc4n3Cc3ccccc3)[c-]ccc12.[2H]C(C)(C)c1cc(-c2[c-]cccc2)nc[c]1[Ge]([CH3])([CH3])[CH3].[Ir]. The maximum atomic E-state index is 8.44. The first-order valence-electron chi connectivity index (χ1n) is 17.2. The molecule has 0 amide bonds. The summed E-state index contributed by atoms with van der Waals surface area (Å²) in [5.41, 5.74) is 9.50. The van der Waals surface area contributed by atoms with E-state index in [0.29, 0.717) is 5.71 Å². The molecule has 0 atom stereocenters. The molecule has 0 saturated carbocycles. The molecule has 0 fully saturated rings. The summed E-state index contributed by atoms with van der Waals surface area (Å²) in [4.78, 5) is 14.2. The molecule has 4 aromatic heterocycles. The second-order valence-corrected chi connectivity index (χ2v) is 24.2. The Hall–Kier alpha value is -4.36. The van der Waals surface area contributed by atoms with Crippen LogP contribution in [-0.2, 0) is 26.7 Å². The van der Waals surface area contributed by atoms with Crippen LogP contribution in [-0.4, -0.2) is 32.8 Å². The first-order valence-corrected chi connectivity index (χ1v) is 24.0. The van der Waals surface area contributed by atoms with Crippen molar-refractivity contribution in [2.24, 2.45) is 0 Å². The molecule has 8 aromatic rings. The summed E-state index contributed by atoms with van der Waals surface area (Å²) in [6, 6.07) is 43.3. The summed E-state index contributed by atoms with van der Waals surface area (Å²) in [7, 11) is 0. The third-order valence-corrected chi connectivity index (χ3v) is 13.0. The molecule has 5 nitrogen and oxygen atoms in total. The van der Waals surface area contributed by atoms with Gasteiger partial charge in [0.15, 0.2) is 0 Å². The van der Waals surface area contributed by atoms with Crippen LogP contribution in [0.4, 0.5) is 0 Å². The number of benzene rings is 4. The largest absolute Gasteiger partial charge is 0 e. The minimum atomic E-state index is -2.03.